The number of unbranched alkanes of at least 4 members (excludes halogenated alkanes) is 2. The van der Waals surface area contributed by atoms with E-state index in [-0.39, 0.29) is 5.82 Å². The second kappa shape index (κ2) is 8.82. The molecule has 0 aliphatic rings. The summed E-state index contributed by atoms with van der Waals surface area (Å²) in [5, 5.41) is 4.14. The standard InChI is InChI=1S/C18H21FN2O/c1-2-3-7-12-22-18-11-10-16(19)13-15(18)14-20-21-17-8-5-4-6-9-17/h4-6,8-11,13-14,21H,2-3,7,12H2,1H3. The molecule has 0 aromatic heterocycles. The molecule has 2 rings (SSSR count). The van der Waals surface area contributed by atoms with Crippen molar-refractivity contribution in [3.63, 3.8) is 0 Å². The Balaban J connectivity index is 2.00. The third kappa shape index (κ3) is 5.20. The van der Waals surface area contributed by atoms with E-state index < -0.39 is 0 Å². The van der Waals surface area contributed by atoms with Gasteiger partial charge in [-0.1, -0.05) is 38.0 Å². The van der Waals surface area contributed by atoms with E-state index in [2.05, 4.69) is 17.5 Å². The zero-order valence-corrected chi connectivity index (χ0v) is 12.8. The summed E-state index contributed by atoms with van der Waals surface area (Å²) in [5.41, 5.74) is 4.41. The van der Waals surface area contributed by atoms with Gasteiger partial charge in [0.05, 0.1) is 18.5 Å². The first-order chi connectivity index (χ1) is 10.8. The molecule has 0 atom stereocenters. The van der Waals surface area contributed by atoms with Gasteiger partial charge in [-0.25, -0.2) is 4.39 Å². The molecule has 0 aliphatic carbocycles. The highest BCUT2D eigenvalue weighted by atomic mass is 19.1. The minimum atomic E-state index is -0.304. The van der Waals surface area contributed by atoms with Crippen LogP contribution in [0.3, 0.4) is 0 Å². The summed E-state index contributed by atoms with van der Waals surface area (Å²) in [5.74, 6) is 0.346. The fraction of sp³-hybridized carbons (Fsp3) is 0.278. The first kappa shape index (κ1) is 16.0. The Bertz CT molecular complexity index is 599. The van der Waals surface area contributed by atoms with E-state index in [9.17, 15) is 4.39 Å². The number of benzene rings is 2. The summed E-state index contributed by atoms with van der Waals surface area (Å²) in [4.78, 5) is 0. The van der Waals surface area contributed by atoms with Crippen molar-refractivity contribution in [3.8, 4) is 5.75 Å². The Morgan fingerprint density at radius 2 is 1.95 bits per heavy atom. The molecule has 0 saturated carbocycles. The SMILES string of the molecule is CCCCCOc1ccc(F)cc1C=NNc1ccccc1. The zero-order chi connectivity index (χ0) is 15.6. The lowest BCUT2D eigenvalue weighted by Gasteiger charge is -2.09. The van der Waals surface area contributed by atoms with Crippen LogP contribution in [0.5, 0.6) is 5.75 Å². The first-order valence-electron chi connectivity index (χ1n) is 7.56. The van der Waals surface area contributed by atoms with Gasteiger partial charge >= 0.3 is 0 Å². The molecule has 3 nitrogen and oxygen atoms in total. The van der Waals surface area contributed by atoms with Crippen molar-refractivity contribution in [3.05, 3.63) is 59.9 Å². The van der Waals surface area contributed by atoms with Gasteiger partial charge < -0.3 is 4.74 Å². The molecule has 22 heavy (non-hydrogen) atoms. The lowest BCUT2D eigenvalue weighted by Crippen LogP contribution is -2.01. The van der Waals surface area contributed by atoms with Crippen LogP contribution >= 0.6 is 0 Å². The van der Waals surface area contributed by atoms with Crippen molar-refractivity contribution in [2.75, 3.05) is 12.0 Å². The van der Waals surface area contributed by atoms with Gasteiger partial charge in [0.25, 0.3) is 0 Å². The number of nitrogens with one attached hydrogen (secondary N) is 1. The van der Waals surface area contributed by atoms with Gasteiger partial charge in [0.1, 0.15) is 11.6 Å². The molecular weight excluding hydrogens is 279 g/mol. The maximum atomic E-state index is 13.4. The molecule has 0 spiro atoms. The molecular formula is C18H21FN2O. The van der Waals surface area contributed by atoms with Gasteiger partial charge in [0, 0.05) is 5.56 Å². The number of hydrogen-bond donors (Lipinski definition) is 1. The molecule has 0 heterocycles. The van der Waals surface area contributed by atoms with Crippen molar-refractivity contribution in [2.45, 2.75) is 26.2 Å². The van der Waals surface area contributed by atoms with Crippen LogP contribution in [0.25, 0.3) is 0 Å². The van der Waals surface area contributed by atoms with Crippen molar-refractivity contribution >= 4 is 11.9 Å². The van der Waals surface area contributed by atoms with Crippen LogP contribution in [0.1, 0.15) is 31.7 Å². The molecule has 0 aliphatic heterocycles. The van der Waals surface area contributed by atoms with E-state index in [0.29, 0.717) is 17.9 Å². The molecule has 0 amide bonds. The van der Waals surface area contributed by atoms with Crippen molar-refractivity contribution in [2.24, 2.45) is 5.10 Å². The van der Waals surface area contributed by atoms with E-state index in [1.54, 1.807) is 12.3 Å². The number of ether oxygens (including phenoxy) is 1. The normalized spacial score (nSPS) is 10.8. The third-order valence-corrected chi connectivity index (χ3v) is 3.15. The van der Waals surface area contributed by atoms with Gasteiger partial charge in [-0.2, -0.15) is 5.10 Å². The van der Waals surface area contributed by atoms with Gasteiger partial charge in [0.15, 0.2) is 0 Å². The van der Waals surface area contributed by atoms with E-state index in [1.165, 1.54) is 12.1 Å². The van der Waals surface area contributed by atoms with Crippen molar-refractivity contribution in [1.29, 1.82) is 0 Å². The first-order valence-corrected chi connectivity index (χ1v) is 7.56. The lowest BCUT2D eigenvalue weighted by molar-refractivity contribution is 0.305. The summed E-state index contributed by atoms with van der Waals surface area (Å²) >= 11 is 0. The number of nitrogens with zero attached hydrogens (tertiary/aromatic N) is 1. The highest BCUT2D eigenvalue weighted by Gasteiger charge is 2.03. The highest BCUT2D eigenvalue weighted by molar-refractivity contribution is 5.84. The second-order valence-corrected chi connectivity index (χ2v) is 4.97. The quantitative estimate of drug-likeness (QED) is 0.430. The smallest absolute Gasteiger partial charge is 0.128 e. The minimum Gasteiger partial charge on any atom is -0.493 e. The average Bonchev–Trinajstić information content (AvgIpc) is 2.54. The number of hydrogen-bond acceptors (Lipinski definition) is 3. The molecule has 0 fully saturated rings. The van der Waals surface area contributed by atoms with E-state index >= 15 is 0 Å². The van der Waals surface area contributed by atoms with Crippen LogP contribution in [0, 0.1) is 5.82 Å². The summed E-state index contributed by atoms with van der Waals surface area (Å²) in [6.45, 7) is 2.78. The molecule has 0 unspecified atom stereocenters. The number of halogens is 1. The zero-order valence-electron chi connectivity index (χ0n) is 12.8. The lowest BCUT2D eigenvalue weighted by atomic mass is 10.2. The minimum absolute atomic E-state index is 0.304. The summed E-state index contributed by atoms with van der Waals surface area (Å²) < 4.78 is 19.1. The molecule has 2 aromatic rings. The third-order valence-electron chi connectivity index (χ3n) is 3.15. The van der Waals surface area contributed by atoms with Gasteiger partial charge in [-0.05, 0) is 36.8 Å². The molecule has 1 N–H and O–H groups in total. The van der Waals surface area contributed by atoms with Crippen LogP contribution in [-0.4, -0.2) is 12.8 Å². The van der Waals surface area contributed by atoms with Crippen LogP contribution in [0.2, 0.25) is 0 Å². The Kier molecular flexibility index (Phi) is 6.42. The Morgan fingerprint density at radius 1 is 1.14 bits per heavy atom. The number of para-hydroxylation sites is 1. The van der Waals surface area contributed by atoms with Crippen LogP contribution in [0.15, 0.2) is 53.6 Å². The molecule has 0 saturated heterocycles. The topological polar surface area (TPSA) is 33.6 Å². The van der Waals surface area contributed by atoms with Crippen LogP contribution in [0.4, 0.5) is 10.1 Å². The van der Waals surface area contributed by atoms with Gasteiger partial charge in [0.2, 0.25) is 0 Å². The number of rotatable bonds is 8. The fourth-order valence-electron chi connectivity index (χ4n) is 1.97. The predicted molar refractivity (Wildman–Crippen MR) is 89.1 cm³/mol. The number of hydrazone groups is 1. The average molecular weight is 300 g/mol. The Morgan fingerprint density at radius 3 is 2.73 bits per heavy atom. The van der Waals surface area contributed by atoms with Crippen LogP contribution < -0.4 is 10.2 Å². The Labute approximate surface area is 130 Å². The highest BCUT2D eigenvalue weighted by Crippen LogP contribution is 2.18. The Hall–Kier alpha value is -2.36. The molecule has 0 bridgehead atoms. The maximum absolute atomic E-state index is 13.4. The van der Waals surface area contributed by atoms with Gasteiger partial charge in [-0.15, -0.1) is 0 Å². The fourth-order valence-corrected chi connectivity index (χ4v) is 1.97. The molecule has 4 heteroatoms. The van der Waals surface area contributed by atoms with Crippen molar-refractivity contribution in [1.82, 2.24) is 0 Å². The molecule has 2 aromatic carbocycles. The van der Waals surface area contributed by atoms with E-state index in [4.69, 9.17) is 4.74 Å². The van der Waals surface area contributed by atoms with Crippen molar-refractivity contribution < 1.29 is 9.13 Å². The summed E-state index contributed by atoms with van der Waals surface area (Å²) in [6, 6.07) is 14.1. The maximum Gasteiger partial charge on any atom is 0.128 e. The monoisotopic (exact) mass is 300 g/mol. The van der Waals surface area contributed by atoms with E-state index in [1.807, 2.05) is 30.3 Å². The molecule has 0 radical (unpaired) electrons. The van der Waals surface area contributed by atoms with Crippen LogP contribution in [-0.2, 0) is 0 Å². The summed E-state index contributed by atoms with van der Waals surface area (Å²) in [6.07, 6.45) is 4.83. The van der Waals surface area contributed by atoms with E-state index in [0.717, 1.165) is 24.9 Å². The van der Waals surface area contributed by atoms with Gasteiger partial charge in [-0.3, -0.25) is 5.43 Å². The summed E-state index contributed by atoms with van der Waals surface area (Å²) in [7, 11) is 0. The predicted octanol–water partition coefficient (Wildman–Crippen LogP) is 4.84. The second-order valence-electron chi connectivity index (χ2n) is 4.97. The number of anilines is 1. The largest absolute Gasteiger partial charge is 0.493 e. The molecule has 116 valence electrons.